The van der Waals surface area contributed by atoms with Gasteiger partial charge in [0.25, 0.3) is 0 Å². The van der Waals surface area contributed by atoms with Gasteiger partial charge in [-0.3, -0.25) is 9.69 Å². The molecule has 2 amide bonds. The molecule has 2 rings (SSSR count). The molecule has 28 heavy (non-hydrogen) atoms. The Morgan fingerprint density at radius 2 is 1.89 bits per heavy atom. The lowest BCUT2D eigenvalue weighted by Crippen LogP contribution is -2.40. The molecule has 7 nitrogen and oxygen atoms in total. The van der Waals surface area contributed by atoms with Gasteiger partial charge in [-0.25, -0.2) is 4.79 Å². The van der Waals surface area contributed by atoms with Crippen molar-refractivity contribution in [2.75, 3.05) is 23.9 Å². The Morgan fingerprint density at radius 1 is 1.21 bits per heavy atom. The molecule has 2 N–H and O–H groups in total. The minimum atomic E-state index is -0.534. The maximum atomic E-state index is 12.9. The maximum absolute atomic E-state index is 12.9. The van der Waals surface area contributed by atoms with Gasteiger partial charge < -0.3 is 15.3 Å². The molecule has 0 atom stereocenters. The Bertz CT molecular complexity index is 875. The van der Waals surface area contributed by atoms with E-state index in [0.29, 0.717) is 23.5 Å². The van der Waals surface area contributed by atoms with Crippen LogP contribution >= 0.6 is 0 Å². The van der Waals surface area contributed by atoms with Crippen molar-refractivity contribution in [3.8, 4) is 0 Å². The number of para-hydroxylation sites is 1. The molecule has 0 fully saturated rings. The predicted molar refractivity (Wildman–Crippen MR) is 109 cm³/mol. The van der Waals surface area contributed by atoms with Crippen LogP contribution in [0.1, 0.15) is 18.1 Å². The second-order valence-electron chi connectivity index (χ2n) is 5.98. The fraction of sp³-hybridized carbons (Fsp3) is 0.190. The Kier molecular flexibility index (Phi) is 7.33. The van der Waals surface area contributed by atoms with Crippen LogP contribution in [0.4, 0.5) is 16.2 Å². The summed E-state index contributed by atoms with van der Waals surface area (Å²) in [6.45, 7) is 5.17. The number of urea groups is 1. The molecule has 0 aromatic heterocycles. The molecule has 0 spiro atoms. The molecular weight excluding hydrogens is 358 g/mol. The van der Waals surface area contributed by atoms with Gasteiger partial charge in [-0.2, -0.15) is 0 Å². The maximum Gasteiger partial charge on any atom is 0.326 e. The molecule has 0 heterocycles. The lowest BCUT2D eigenvalue weighted by molar-refractivity contribution is -0.138. The van der Waals surface area contributed by atoms with Gasteiger partial charge in [0.2, 0.25) is 0 Å². The monoisotopic (exact) mass is 381 g/mol. The van der Waals surface area contributed by atoms with Crippen molar-refractivity contribution in [1.82, 2.24) is 0 Å². The van der Waals surface area contributed by atoms with E-state index in [1.807, 2.05) is 12.1 Å². The number of methoxy groups -OCH3 is 1. The first-order valence-electron chi connectivity index (χ1n) is 8.63. The van der Waals surface area contributed by atoms with E-state index in [1.165, 1.54) is 12.0 Å². The molecule has 0 bridgehead atoms. The van der Waals surface area contributed by atoms with E-state index in [9.17, 15) is 9.59 Å². The van der Waals surface area contributed by atoms with Crippen LogP contribution in [-0.2, 0) is 16.0 Å². The normalized spacial score (nSPS) is 10.9. The topological polar surface area (TPSA) is 91.2 Å². The van der Waals surface area contributed by atoms with E-state index >= 15 is 0 Å². The van der Waals surface area contributed by atoms with Gasteiger partial charge in [0.05, 0.1) is 12.8 Å². The van der Waals surface area contributed by atoms with Crippen LogP contribution in [0.2, 0.25) is 0 Å². The number of hydrogen-bond donors (Lipinski definition) is 2. The summed E-state index contributed by atoms with van der Waals surface area (Å²) in [6, 6.07) is 13.7. The number of nitrogens with one attached hydrogen (secondary N) is 1. The highest BCUT2D eigenvalue weighted by molar-refractivity contribution is 6.05. The van der Waals surface area contributed by atoms with E-state index in [0.717, 1.165) is 11.1 Å². The Labute approximate surface area is 163 Å². The van der Waals surface area contributed by atoms with E-state index in [4.69, 9.17) is 9.94 Å². The molecule has 7 heteroatoms. The Balaban J connectivity index is 2.29. The minimum absolute atomic E-state index is 0.231. The molecule has 0 saturated heterocycles. The summed E-state index contributed by atoms with van der Waals surface area (Å²) >= 11 is 0. The third kappa shape index (κ3) is 5.20. The molecule has 0 aliphatic carbocycles. The SMILES string of the molecule is C=CCc1ccccc1N(CC(=O)OC)C(=O)Nc1ccc(C(C)=NO)cc1. The van der Waals surface area contributed by atoms with Crippen LogP contribution in [0.25, 0.3) is 0 Å². The molecule has 0 unspecified atom stereocenters. The second kappa shape index (κ2) is 9.91. The standard InChI is InChI=1S/C21H23N3O4/c1-4-7-17-8-5-6-9-19(17)24(14-20(25)28-3)21(26)22-18-12-10-16(11-13-18)15(2)23-27/h4-6,8-13,27H,1,7,14H2,2-3H3,(H,22,26). The third-order valence-electron chi connectivity index (χ3n) is 4.11. The number of carbonyl (C=O) groups is 2. The van der Waals surface area contributed by atoms with Gasteiger partial charge in [-0.15, -0.1) is 6.58 Å². The molecule has 0 saturated carbocycles. The van der Waals surface area contributed by atoms with E-state index in [2.05, 4.69) is 17.1 Å². The smallest absolute Gasteiger partial charge is 0.326 e. The van der Waals surface area contributed by atoms with Crippen molar-refractivity contribution < 1.29 is 19.5 Å². The number of benzene rings is 2. The lowest BCUT2D eigenvalue weighted by atomic mass is 10.1. The summed E-state index contributed by atoms with van der Waals surface area (Å²) in [7, 11) is 1.28. The number of allylic oxidation sites excluding steroid dienone is 1. The summed E-state index contributed by atoms with van der Waals surface area (Å²) in [4.78, 5) is 26.1. The van der Waals surface area contributed by atoms with E-state index < -0.39 is 12.0 Å². The molecular formula is C21H23N3O4. The summed E-state index contributed by atoms with van der Waals surface area (Å²) < 4.78 is 4.74. The van der Waals surface area contributed by atoms with Crippen molar-refractivity contribution in [3.63, 3.8) is 0 Å². The number of ether oxygens (including phenoxy) is 1. The van der Waals surface area contributed by atoms with Gasteiger partial charge in [0, 0.05) is 11.4 Å². The highest BCUT2D eigenvalue weighted by Gasteiger charge is 2.22. The van der Waals surface area contributed by atoms with Crippen LogP contribution in [-0.4, -0.2) is 36.6 Å². The van der Waals surface area contributed by atoms with Gasteiger partial charge in [-0.05, 0) is 42.7 Å². The Hall–Kier alpha value is -3.61. The summed E-state index contributed by atoms with van der Waals surface area (Å²) in [6.07, 6.45) is 2.28. The molecule has 0 aliphatic heterocycles. The molecule has 0 aliphatic rings. The number of hydrogen-bond acceptors (Lipinski definition) is 5. The fourth-order valence-electron chi connectivity index (χ4n) is 2.61. The highest BCUT2D eigenvalue weighted by Crippen LogP contribution is 2.23. The zero-order chi connectivity index (χ0) is 20.5. The van der Waals surface area contributed by atoms with E-state index in [-0.39, 0.29) is 6.54 Å². The number of anilines is 2. The fourth-order valence-corrected chi connectivity index (χ4v) is 2.61. The van der Waals surface area contributed by atoms with Gasteiger partial charge in [-0.1, -0.05) is 41.6 Å². The summed E-state index contributed by atoms with van der Waals surface area (Å²) in [5.41, 5.74) is 3.19. The van der Waals surface area contributed by atoms with Crippen LogP contribution in [0.3, 0.4) is 0 Å². The van der Waals surface area contributed by atoms with Crippen LogP contribution in [0.5, 0.6) is 0 Å². The Morgan fingerprint density at radius 3 is 2.50 bits per heavy atom. The van der Waals surface area contributed by atoms with Gasteiger partial charge in [0.1, 0.15) is 6.54 Å². The number of nitrogens with zero attached hydrogens (tertiary/aromatic N) is 2. The first kappa shape index (κ1) is 20.7. The molecule has 0 radical (unpaired) electrons. The van der Waals surface area contributed by atoms with Crippen LogP contribution < -0.4 is 10.2 Å². The quantitative estimate of drug-likeness (QED) is 0.251. The largest absolute Gasteiger partial charge is 0.468 e. The van der Waals surface area contributed by atoms with Crippen molar-refractivity contribution in [2.45, 2.75) is 13.3 Å². The molecule has 2 aromatic carbocycles. The van der Waals surface area contributed by atoms with Crippen molar-refractivity contribution >= 4 is 29.1 Å². The number of rotatable bonds is 7. The first-order chi connectivity index (χ1) is 13.5. The van der Waals surface area contributed by atoms with Crippen LogP contribution in [0.15, 0.2) is 66.3 Å². The second-order valence-corrected chi connectivity index (χ2v) is 5.98. The highest BCUT2D eigenvalue weighted by atomic mass is 16.5. The third-order valence-corrected chi connectivity index (χ3v) is 4.11. The summed E-state index contributed by atoms with van der Waals surface area (Å²) in [5, 5.41) is 14.8. The zero-order valence-corrected chi connectivity index (χ0v) is 15.9. The number of oxime groups is 1. The van der Waals surface area contributed by atoms with Crippen LogP contribution in [0, 0.1) is 0 Å². The number of carbonyl (C=O) groups excluding carboxylic acids is 2. The van der Waals surface area contributed by atoms with Gasteiger partial charge >= 0.3 is 12.0 Å². The predicted octanol–water partition coefficient (Wildman–Crippen LogP) is 3.82. The minimum Gasteiger partial charge on any atom is -0.468 e. The number of esters is 1. The molecule has 2 aromatic rings. The average molecular weight is 381 g/mol. The van der Waals surface area contributed by atoms with Crippen molar-refractivity contribution in [3.05, 3.63) is 72.3 Å². The molecule has 146 valence electrons. The number of amides is 2. The van der Waals surface area contributed by atoms with Crippen molar-refractivity contribution in [2.24, 2.45) is 5.16 Å². The van der Waals surface area contributed by atoms with E-state index in [1.54, 1.807) is 49.4 Å². The zero-order valence-electron chi connectivity index (χ0n) is 15.9. The van der Waals surface area contributed by atoms with Gasteiger partial charge in [0.15, 0.2) is 0 Å². The average Bonchev–Trinajstić information content (AvgIpc) is 2.72. The first-order valence-corrected chi connectivity index (χ1v) is 8.63. The summed E-state index contributed by atoms with van der Waals surface area (Å²) in [5.74, 6) is -0.534. The van der Waals surface area contributed by atoms with Crippen molar-refractivity contribution in [1.29, 1.82) is 0 Å². The lowest BCUT2D eigenvalue weighted by Gasteiger charge is -2.24.